The Morgan fingerprint density at radius 1 is 1.23 bits per heavy atom. The van der Waals surface area contributed by atoms with Gasteiger partial charge >= 0.3 is 0 Å². The van der Waals surface area contributed by atoms with Gasteiger partial charge in [0.1, 0.15) is 11.5 Å². The molecule has 3 aromatic rings. The fourth-order valence-corrected chi connectivity index (χ4v) is 3.65. The number of carbonyl (C=O) groups is 1. The molecule has 1 amide bonds. The Morgan fingerprint density at radius 3 is 2.70 bits per heavy atom. The summed E-state index contributed by atoms with van der Waals surface area (Å²) in [6, 6.07) is 7.93. The van der Waals surface area contributed by atoms with Crippen LogP contribution in [0.1, 0.15) is 29.0 Å². The fraction of sp³-hybridized carbons (Fsp3) is 0.333. The summed E-state index contributed by atoms with van der Waals surface area (Å²) in [4.78, 5) is 31.1. The topological polar surface area (TPSA) is 85.1 Å². The molecule has 1 aromatic carbocycles. The molecule has 0 aliphatic carbocycles. The van der Waals surface area contributed by atoms with Crippen LogP contribution < -0.4 is 15.8 Å². The van der Waals surface area contributed by atoms with Crippen LogP contribution in [0.2, 0.25) is 0 Å². The predicted molar refractivity (Wildman–Crippen MR) is 110 cm³/mol. The van der Waals surface area contributed by atoms with Crippen molar-refractivity contribution < 1.29 is 9.18 Å². The number of piperidine rings is 1. The molecule has 3 heterocycles. The lowest BCUT2D eigenvalue weighted by molar-refractivity contribution is 0.0925. The van der Waals surface area contributed by atoms with Gasteiger partial charge in [0.05, 0.1) is 0 Å². The van der Waals surface area contributed by atoms with Gasteiger partial charge < -0.3 is 14.8 Å². The van der Waals surface area contributed by atoms with Crippen LogP contribution in [0.5, 0.6) is 0 Å². The van der Waals surface area contributed by atoms with E-state index in [2.05, 4.69) is 15.4 Å². The van der Waals surface area contributed by atoms with Gasteiger partial charge in [0.2, 0.25) is 0 Å². The average molecular weight is 410 g/mol. The summed E-state index contributed by atoms with van der Waals surface area (Å²) in [5, 5.41) is 7.29. The van der Waals surface area contributed by atoms with E-state index in [0.717, 1.165) is 0 Å². The lowest BCUT2D eigenvalue weighted by Crippen LogP contribution is -2.46. The van der Waals surface area contributed by atoms with Gasteiger partial charge in [-0.1, -0.05) is 12.1 Å². The molecule has 1 aliphatic heterocycles. The number of rotatable bonds is 4. The summed E-state index contributed by atoms with van der Waals surface area (Å²) in [5.74, 6) is -0.256. The third-order valence-corrected chi connectivity index (χ3v) is 5.33. The Hall–Kier alpha value is -3.49. The molecule has 0 spiro atoms. The standard InChI is InChI=1S/C21H23FN6O2/c1-14-13-17(25-28(14)18-6-4-3-5-16(18)22)20(29)24-15-7-10-27(11-8-15)19-21(30)26(2)12-9-23-19/h3-6,9,12-13,15H,7-8,10-11H2,1-2H3,(H,24,29). The van der Waals surface area contributed by atoms with Gasteiger partial charge in [0.25, 0.3) is 11.5 Å². The molecular weight excluding hydrogens is 387 g/mol. The summed E-state index contributed by atoms with van der Waals surface area (Å²) < 4.78 is 17.0. The molecule has 2 aromatic heterocycles. The smallest absolute Gasteiger partial charge is 0.293 e. The summed E-state index contributed by atoms with van der Waals surface area (Å²) in [6.07, 6.45) is 4.62. The second kappa shape index (κ2) is 8.10. The lowest BCUT2D eigenvalue weighted by Gasteiger charge is -2.32. The molecule has 1 saturated heterocycles. The number of nitrogens with one attached hydrogen (secondary N) is 1. The monoisotopic (exact) mass is 410 g/mol. The maximum Gasteiger partial charge on any atom is 0.293 e. The number of aryl methyl sites for hydroxylation is 2. The second-order valence-corrected chi connectivity index (χ2v) is 7.44. The van der Waals surface area contributed by atoms with Crippen molar-refractivity contribution in [2.45, 2.75) is 25.8 Å². The quantitative estimate of drug-likeness (QED) is 0.709. The van der Waals surface area contributed by atoms with E-state index in [-0.39, 0.29) is 23.2 Å². The van der Waals surface area contributed by atoms with E-state index >= 15 is 0 Å². The van der Waals surface area contributed by atoms with Crippen molar-refractivity contribution in [3.63, 3.8) is 0 Å². The zero-order valence-electron chi connectivity index (χ0n) is 16.9. The Kier molecular flexibility index (Phi) is 5.35. The molecule has 0 saturated carbocycles. The van der Waals surface area contributed by atoms with Crippen LogP contribution in [-0.4, -0.2) is 44.4 Å². The van der Waals surface area contributed by atoms with Crippen molar-refractivity contribution in [1.29, 1.82) is 0 Å². The minimum Gasteiger partial charge on any atom is -0.352 e. The van der Waals surface area contributed by atoms with Gasteiger partial charge in [0, 0.05) is 44.3 Å². The molecule has 9 heteroatoms. The third kappa shape index (κ3) is 3.83. The van der Waals surface area contributed by atoms with Gasteiger partial charge in [-0.3, -0.25) is 9.59 Å². The zero-order chi connectivity index (χ0) is 21.3. The fourth-order valence-electron chi connectivity index (χ4n) is 3.65. The number of halogens is 1. The van der Waals surface area contributed by atoms with E-state index in [1.54, 1.807) is 50.6 Å². The molecule has 0 bridgehead atoms. The summed E-state index contributed by atoms with van der Waals surface area (Å²) >= 11 is 0. The lowest BCUT2D eigenvalue weighted by atomic mass is 10.0. The van der Waals surface area contributed by atoms with Crippen molar-refractivity contribution in [2.24, 2.45) is 7.05 Å². The number of amides is 1. The van der Waals surface area contributed by atoms with Gasteiger partial charge in [-0.25, -0.2) is 14.1 Å². The molecule has 8 nitrogen and oxygen atoms in total. The van der Waals surface area contributed by atoms with E-state index in [1.165, 1.54) is 15.3 Å². The number of para-hydroxylation sites is 1. The molecule has 1 fully saturated rings. The Labute approximate surface area is 173 Å². The van der Waals surface area contributed by atoms with Crippen molar-refractivity contribution in [3.8, 4) is 5.69 Å². The predicted octanol–water partition coefficient (Wildman–Crippen LogP) is 1.81. The van der Waals surface area contributed by atoms with Gasteiger partial charge in [-0.15, -0.1) is 0 Å². The third-order valence-electron chi connectivity index (χ3n) is 5.33. The molecule has 1 aliphatic rings. The van der Waals surface area contributed by atoms with E-state index in [1.807, 2.05) is 4.90 Å². The number of hydrogen-bond donors (Lipinski definition) is 1. The van der Waals surface area contributed by atoms with E-state index in [4.69, 9.17) is 0 Å². The molecule has 4 rings (SSSR count). The Bertz CT molecular complexity index is 1130. The van der Waals surface area contributed by atoms with Crippen molar-refractivity contribution >= 4 is 11.7 Å². The number of carbonyl (C=O) groups excluding carboxylic acids is 1. The average Bonchev–Trinajstić information content (AvgIpc) is 3.13. The highest BCUT2D eigenvalue weighted by Crippen LogP contribution is 2.17. The minimum absolute atomic E-state index is 0.0276. The van der Waals surface area contributed by atoms with Crippen molar-refractivity contribution in [3.05, 3.63) is 70.3 Å². The normalized spacial score (nSPS) is 14.7. The SMILES string of the molecule is Cc1cc(C(=O)NC2CCN(c3nccn(C)c3=O)CC2)nn1-c1ccccc1F. The molecule has 0 radical (unpaired) electrons. The summed E-state index contributed by atoms with van der Waals surface area (Å²) in [7, 11) is 1.70. The van der Waals surface area contributed by atoms with Crippen LogP contribution in [-0.2, 0) is 7.05 Å². The number of hydrogen-bond acceptors (Lipinski definition) is 5. The van der Waals surface area contributed by atoms with Crippen LogP contribution >= 0.6 is 0 Å². The zero-order valence-corrected chi connectivity index (χ0v) is 16.9. The molecule has 0 unspecified atom stereocenters. The van der Waals surface area contributed by atoms with Crippen LogP contribution in [0.3, 0.4) is 0 Å². The number of benzene rings is 1. The largest absolute Gasteiger partial charge is 0.352 e. The molecule has 156 valence electrons. The number of anilines is 1. The maximum atomic E-state index is 14.1. The van der Waals surface area contributed by atoms with E-state index in [0.29, 0.717) is 43.1 Å². The van der Waals surface area contributed by atoms with Gasteiger partial charge in [-0.05, 0) is 38.0 Å². The highest BCUT2D eigenvalue weighted by atomic mass is 19.1. The molecular formula is C21H23FN6O2. The van der Waals surface area contributed by atoms with E-state index < -0.39 is 5.82 Å². The summed E-state index contributed by atoms with van der Waals surface area (Å²) in [5.41, 5.74) is 1.09. The number of aromatic nitrogens is 4. The van der Waals surface area contributed by atoms with E-state index in [9.17, 15) is 14.0 Å². The second-order valence-electron chi connectivity index (χ2n) is 7.44. The van der Waals surface area contributed by atoms with Crippen molar-refractivity contribution in [2.75, 3.05) is 18.0 Å². The van der Waals surface area contributed by atoms with Crippen molar-refractivity contribution in [1.82, 2.24) is 24.6 Å². The van der Waals surface area contributed by atoms with Crippen LogP contribution in [0.25, 0.3) is 5.69 Å². The minimum atomic E-state index is -0.399. The first-order valence-electron chi connectivity index (χ1n) is 9.83. The first kappa shape index (κ1) is 19.8. The highest BCUT2D eigenvalue weighted by Gasteiger charge is 2.25. The van der Waals surface area contributed by atoms with Gasteiger partial charge in [-0.2, -0.15) is 5.10 Å². The summed E-state index contributed by atoms with van der Waals surface area (Å²) in [6.45, 7) is 3.03. The maximum absolute atomic E-state index is 14.1. The van der Waals surface area contributed by atoms with Gasteiger partial charge in [0.15, 0.2) is 11.5 Å². The molecule has 30 heavy (non-hydrogen) atoms. The first-order valence-corrected chi connectivity index (χ1v) is 9.83. The number of nitrogens with zero attached hydrogens (tertiary/aromatic N) is 5. The van der Waals surface area contributed by atoms with Crippen LogP contribution in [0.4, 0.5) is 10.2 Å². The highest BCUT2D eigenvalue weighted by molar-refractivity contribution is 5.92. The Balaban J connectivity index is 1.41. The first-order chi connectivity index (χ1) is 14.4. The Morgan fingerprint density at radius 2 is 1.97 bits per heavy atom. The molecule has 0 atom stereocenters. The molecule has 1 N–H and O–H groups in total. The van der Waals surface area contributed by atoms with Crippen LogP contribution in [0.15, 0.2) is 47.5 Å². The van der Waals surface area contributed by atoms with Crippen LogP contribution in [0, 0.1) is 12.7 Å².